The molecule has 2 aromatic carbocycles. The van der Waals surface area contributed by atoms with Gasteiger partial charge in [0.25, 0.3) is 0 Å². The quantitative estimate of drug-likeness (QED) is 0.547. The third-order valence-corrected chi connectivity index (χ3v) is 4.67. The number of hydrogen-bond donors (Lipinski definition) is 0. The molecule has 0 bridgehead atoms. The first kappa shape index (κ1) is 19.9. The summed E-state index contributed by atoms with van der Waals surface area (Å²) in [6.45, 7) is 2.57. The summed E-state index contributed by atoms with van der Waals surface area (Å²) in [4.78, 5) is 27.1. The number of carbonyl (C=O) groups is 2. The van der Waals surface area contributed by atoms with Gasteiger partial charge in [-0.05, 0) is 31.9 Å². The number of benzene rings is 2. The van der Waals surface area contributed by atoms with Crippen LogP contribution >= 0.6 is 0 Å². The van der Waals surface area contributed by atoms with Crippen molar-refractivity contribution in [2.75, 3.05) is 24.6 Å². The first-order chi connectivity index (χ1) is 13.3. The standard InChI is InChI=1S/C21H20F3NO3/c1-2-28-20(27)15-10-11-16(25-12-6-7-13-25)17(18(15)21(22,23)24)19(26)14-8-4-3-5-9-14/h3-5,8-11H,2,6-7,12-13H2,1H3. The normalized spacial score (nSPS) is 14.2. The maximum absolute atomic E-state index is 14.1. The van der Waals surface area contributed by atoms with Crippen molar-refractivity contribution in [1.82, 2.24) is 0 Å². The van der Waals surface area contributed by atoms with E-state index in [4.69, 9.17) is 4.74 Å². The fraction of sp³-hybridized carbons (Fsp3) is 0.333. The Kier molecular flexibility index (Phi) is 5.72. The molecule has 0 aromatic heterocycles. The van der Waals surface area contributed by atoms with Crippen molar-refractivity contribution < 1.29 is 27.5 Å². The Hall–Kier alpha value is -2.83. The van der Waals surface area contributed by atoms with Gasteiger partial charge in [-0.1, -0.05) is 30.3 Å². The van der Waals surface area contributed by atoms with E-state index in [1.54, 1.807) is 23.1 Å². The lowest BCUT2D eigenvalue weighted by Gasteiger charge is -2.25. The Morgan fingerprint density at radius 1 is 1.04 bits per heavy atom. The van der Waals surface area contributed by atoms with Crippen LogP contribution < -0.4 is 4.90 Å². The van der Waals surface area contributed by atoms with Crippen molar-refractivity contribution in [2.24, 2.45) is 0 Å². The fourth-order valence-corrected chi connectivity index (χ4v) is 3.45. The molecule has 148 valence electrons. The van der Waals surface area contributed by atoms with Crippen LogP contribution in [0.25, 0.3) is 0 Å². The highest BCUT2D eigenvalue weighted by molar-refractivity contribution is 6.15. The van der Waals surface area contributed by atoms with Crippen LogP contribution in [0.15, 0.2) is 42.5 Å². The van der Waals surface area contributed by atoms with Gasteiger partial charge in [-0.3, -0.25) is 4.79 Å². The van der Waals surface area contributed by atoms with Crippen molar-refractivity contribution in [3.05, 3.63) is 64.7 Å². The van der Waals surface area contributed by atoms with Crippen LogP contribution in [0.1, 0.15) is 51.6 Å². The molecule has 1 fully saturated rings. The molecule has 7 heteroatoms. The average Bonchev–Trinajstić information content (AvgIpc) is 3.21. The third kappa shape index (κ3) is 3.88. The molecule has 1 aliphatic heterocycles. The molecule has 2 aromatic rings. The molecule has 0 unspecified atom stereocenters. The zero-order valence-corrected chi connectivity index (χ0v) is 15.4. The molecular weight excluding hydrogens is 371 g/mol. The topological polar surface area (TPSA) is 46.6 Å². The van der Waals surface area contributed by atoms with Crippen LogP contribution in [0.3, 0.4) is 0 Å². The Balaban J connectivity index is 2.28. The summed E-state index contributed by atoms with van der Waals surface area (Å²) < 4.78 is 47.0. The number of carbonyl (C=O) groups excluding carboxylic acids is 2. The van der Waals surface area contributed by atoms with Gasteiger partial charge in [0.1, 0.15) is 0 Å². The van der Waals surface area contributed by atoms with Crippen LogP contribution in [0.2, 0.25) is 0 Å². The van der Waals surface area contributed by atoms with Crippen LogP contribution in [-0.4, -0.2) is 31.4 Å². The fourth-order valence-electron chi connectivity index (χ4n) is 3.45. The molecule has 0 N–H and O–H groups in total. The molecule has 0 amide bonds. The number of anilines is 1. The number of alkyl halides is 3. The van der Waals surface area contributed by atoms with Crippen LogP contribution in [0.5, 0.6) is 0 Å². The number of hydrogen-bond acceptors (Lipinski definition) is 4. The third-order valence-electron chi connectivity index (χ3n) is 4.67. The number of nitrogens with zero attached hydrogens (tertiary/aromatic N) is 1. The second kappa shape index (κ2) is 8.04. The second-order valence-electron chi connectivity index (χ2n) is 6.49. The molecule has 0 aliphatic carbocycles. The van der Waals surface area contributed by atoms with E-state index in [9.17, 15) is 22.8 Å². The minimum absolute atomic E-state index is 0.0635. The van der Waals surface area contributed by atoms with Crippen LogP contribution in [0, 0.1) is 0 Å². The van der Waals surface area contributed by atoms with Gasteiger partial charge < -0.3 is 9.64 Å². The lowest BCUT2D eigenvalue weighted by Crippen LogP contribution is -2.26. The van der Waals surface area contributed by atoms with Gasteiger partial charge in [0.2, 0.25) is 0 Å². The molecule has 28 heavy (non-hydrogen) atoms. The van der Waals surface area contributed by atoms with Crippen molar-refractivity contribution in [3.63, 3.8) is 0 Å². The molecule has 4 nitrogen and oxygen atoms in total. The molecular formula is C21H20F3NO3. The highest BCUT2D eigenvalue weighted by atomic mass is 19.4. The van der Waals surface area contributed by atoms with Crippen LogP contribution in [0.4, 0.5) is 18.9 Å². The molecule has 1 heterocycles. The molecule has 0 spiro atoms. The second-order valence-corrected chi connectivity index (χ2v) is 6.49. The maximum atomic E-state index is 14.1. The minimum atomic E-state index is -4.89. The Morgan fingerprint density at radius 2 is 1.68 bits per heavy atom. The Labute approximate surface area is 160 Å². The van der Waals surface area contributed by atoms with E-state index in [0.29, 0.717) is 13.1 Å². The largest absolute Gasteiger partial charge is 0.462 e. The molecule has 3 rings (SSSR count). The molecule has 1 saturated heterocycles. The van der Waals surface area contributed by atoms with Crippen molar-refractivity contribution in [2.45, 2.75) is 25.9 Å². The van der Waals surface area contributed by atoms with E-state index in [-0.39, 0.29) is 17.9 Å². The van der Waals surface area contributed by atoms with E-state index in [0.717, 1.165) is 18.9 Å². The molecule has 1 aliphatic rings. The van der Waals surface area contributed by atoms with Gasteiger partial charge in [0.15, 0.2) is 5.78 Å². The highest BCUT2D eigenvalue weighted by Gasteiger charge is 2.42. The SMILES string of the molecule is CCOC(=O)c1ccc(N2CCCC2)c(C(=O)c2ccccc2)c1C(F)(F)F. The maximum Gasteiger partial charge on any atom is 0.418 e. The Morgan fingerprint density at radius 3 is 2.25 bits per heavy atom. The summed E-state index contributed by atoms with van der Waals surface area (Å²) >= 11 is 0. The van der Waals surface area contributed by atoms with E-state index in [2.05, 4.69) is 0 Å². The predicted molar refractivity (Wildman–Crippen MR) is 98.7 cm³/mol. The summed E-state index contributed by atoms with van der Waals surface area (Å²) in [5.41, 5.74) is -2.03. The van der Waals surface area contributed by atoms with Gasteiger partial charge in [-0.25, -0.2) is 4.79 Å². The summed E-state index contributed by atoms with van der Waals surface area (Å²) in [7, 11) is 0. The van der Waals surface area contributed by atoms with Crippen molar-refractivity contribution in [3.8, 4) is 0 Å². The molecule has 0 radical (unpaired) electrons. The molecule has 0 atom stereocenters. The molecule has 0 saturated carbocycles. The highest BCUT2D eigenvalue weighted by Crippen LogP contribution is 2.41. The van der Waals surface area contributed by atoms with Gasteiger partial charge in [-0.2, -0.15) is 13.2 Å². The van der Waals surface area contributed by atoms with E-state index in [1.165, 1.54) is 25.1 Å². The van der Waals surface area contributed by atoms with Gasteiger partial charge in [0, 0.05) is 24.3 Å². The van der Waals surface area contributed by atoms with Crippen LogP contribution in [-0.2, 0) is 10.9 Å². The van der Waals surface area contributed by atoms with E-state index in [1.807, 2.05) is 0 Å². The summed E-state index contributed by atoms with van der Waals surface area (Å²) in [5.74, 6) is -1.86. The van der Waals surface area contributed by atoms with Gasteiger partial charge in [-0.15, -0.1) is 0 Å². The first-order valence-electron chi connectivity index (χ1n) is 9.10. The number of ketones is 1. The first-order valence-corrected chi connectivity index (χ1v) is 9.10. The lowest BCUT2D eigenvalue weighted by molar-refractivity contribution is -0.138. The predicted octanol–water partition coefficient (Wildman–Crippen LogP) is 4.71. The van der Waals surface area contributed by atoms with Crippen molar-refractivity contribution in [1.29, 1.82) is 0 Å². The minimum Gasteiger partial charge on any atom is -0.462 e. The van der Waals surface area contributed by atoms with Gasteiger partial charge in [0.05, 0.1) is 23.3 Å². The lowest BCUT2D eigenvalue weighted by atomic mass is 9.91. The zero-order valence-electron chi connectivity index (χ0n) is 15.4. The number of rotatable bonds is 5. The zero-order chi connectivity index (χ0) is 20.3. The Bertz CT molecular complexity index is 872. The number of ether oxygens (including phenoxy) is 1. The van der Waals surface area contributed by atoms with Gasteiger partial charge >= 0.3 is 12.1 Å². The summed E-state index contributed by atoms with van der Waals surface area (Å²) in [6.07, 6.45) is -3.22. The smallest absolute Gasteiger partial charge is 0.418 e. The summed E-state index contributed by atoms with van der Waals surface area (Å²) in [6, 6.07) is 10.3. The number of halogens is 3. The number of esters is 1. The monoisotopic (exact) mass is 391 g/mol. The van der Waals surface area contributed by atoms with E-state index < -0.39 is 34.6 Å². The van der Waals surface area contributed by atoms with Crippen molar-refractivity contribution >= 4 is 17.4 Å². The van der Waals surface area contributed by atoms with E-state index >= 15 is 0 Å². The summed E-state index contributed by atoms with van der Waals surface area (Å²) in [5, 5.41) is 0. The average molecular weight is 391 g/mol.